The van der Waals surface area contributed by atoms with Gasteiger partial charge in [-0.3, -0.25) is 0 Å². The summed E-state index contributed by atoms with van der Waals surface area (Å²) in [5, 5.41) is 12.0. The number of anilines is 1. The van der Waals surface area contributed by atoms with Gasteiger partial charge in [0.2, 0.25) is 0 Å². The van der Waals surface area contributed by atoms with Crippen molar-refractivity contribution < 1.29 is 0 Å². The summed E-state index contributed by atoms with van der Waals surface area (Å²) in [5.41, 5.74) is 9.42. The molecule has 0 aliphatic rings. The monoisotopic (exact) mass is 407 g/mol. The van der Waals surface area contributed by atoms with Gasteiger partial charge in [-0.1, -0.05) is 37.9 Å². The maximum Gasteiger partial charge on any atom is 0.187 e. The van der Waals surface area contributed by atoms with E-state index in [1.54, 1.807) is 4.68 Å². The van der Waals surface area contributed by atoms with Crippen LogP contribution in [0.2, 0.25) is 0 Å². The van der Waals surface area contributed by atoms with Crippen molar-refractivity contribution in [2.24, 2.45) is 0 Å². The molecule has 3 rings (SSSR count). The van der Waals surface area contributed by atoms with E-state index in [2.05, 4.69) is 47.4 Å². The summed E-state index contributed by atoms with van der Waals surface area (Å²) in [6, 6.07) is 11.6. The van der Waals surface area contributed by atoms with Gasteiger partial charge >= 0.3 is 0 Å². The lowest BCUT2D eigenvalue weighted by Gasteiger charge is -2.07. The number of halogens is 2. The van der Waals surface area contributed by atoms with Gasteiger partial charge in [0.05, 0.1) is 5.69 Å². The number of benzene rings is 2. The highest BCUT2D eigenvalue weighted by Gasteiger charge is 2.12. The van der Waals surface area contributed by atoms with Crippen molar-refractivity contribution >= 4 is 37.5 Å². The lowest BCUT2D eigenvalue weighted by atomic mass is 10.2. The zero-order chi connectivity index (χ0) is 15.0. The van der Waals surface area contributed by atoms with Crippen LogP contribution in [0.1, 0.15) is 5.56 Å². The van der Waals surface area contributed by atoms with E-state index in [4.69, 9.17) is 5.73 Å². The Morgan fingerprint density at radius 2 is 1.90 bits per heavy atom. The fraction of sp³-hybridized carbons (Fsp3) is 0.0714. The minimum absolute atomic E-state index is 0.638. The molecule has 0 amide bonds. The molecule has 0 aliphatic carbocycles. The molecule has 106 valence electrons. The molecule has 0 saturated carbocycles. The third kappa shape index (κ3) is 2.84. The summed E-state index contributed by atoms with van der Waals surface area (Å²) in [7, 11) is 0. The number of nitrogens with zero attached hydrogens (tertiary/aromatic N) is 4. The van der Waals surface area contributed by atoms with Crippen molar-refractivity contribution in [3.63, 3.8) is 0 Å². The average Bonchev–Trinajstić information content (AvgIpc) is 2.90. The Labute approximate surface area is 138 Å². The molecular weight excluding hydrogens is 398 g/mol. The van der Waals surface area contributed by atoms with Crippen LogP contribution < -0.4 is 5.73 Å². The predicted molar refractivity (Wildman–Crippen MR) is 89.1 cm³/mol. The van der Waals surface area contributed by atoms with Crippen molar-refractivity contribution in [1.82, 2.24) is 20.2 Å². The molecule has 0 aliphatic heterocycles. The third-order valence-electron chi connectivity index (χ3n) is 3.05. The van der Waals surface area contributed by atoms with Gasteiger partial charge in [0.1, 0.15) is 0 Å². The van der Waals surface area contributed by atoms with E-state index in [-0.39, 0.29) is 0 Å². The number of hydrogen-bond acceptors (Lipinski definition) is 4. The fourth-order valence-electron chi connectivity index (χ4n) is 2.00. The Hall–Kier alpha value is -1.73. The molecule has 2 aromatic carbocycles. The molecule has 3 aromatic rings. The van der Waals surface area contributed by atoms with Crippen molar-refractivity contribution in [3.05, 3.63) is 50.9 Å². The first-order valence-corrected chi connectivity index (χ1v) is 7.74. The Balaban J connectivity index is 2.14. The number of aryl methyl sites for hydroxylation is 1. The normalized spacial score (nSPS) is 10.8. The van der Waals surface area contributed by atoms with Gasteiger partial charge in [0.25, 0.3) is 0 Å². The van der Waals surface area contributed by atoms with Crippen LogP contribution in [0.25, 0.3) is 17.1 Å². The quantitative estimate of drug-likeness (QED) is 0.655. The Morgan fingerprint density at radius 1 is 1.10 bits per heavy atom. The highest BCUT2D eigenvalue weighted by molar-refractivity contribution is 9.10. The summed E-state index contributed by atoms with van der Waals surface area (Å²) in [5.74, 6) is 0.638. The van der Waals surface area contributed by atoms with E-state index < -0.39 is 0 Å². The van der Waals surface area contributed by atoms with Gasteiger partial charge in [-0.2, -0.15) is 4.68 Å². The molecule has 21 heavy (non-hydrogen) atoms. The van der Waals surface area contributed by atoms with E-state index in [0.717, 1.165) is 25.8 Å². The van der Waals surface area contributed by atoms with E-state index in [1.807, 2.05) is 43.3 Å². The Kier molecular flexibility index (Phi) is 3.77. The highest BCUT2D eigenvalue weighted by atomic mass is 79.9. The lowest BCUT2D eigenvalue weighted by molar-refractivity contribution is 0.790. The molecule has 0 unspecified atom stereocenters. The molecule has 0 atom stereocenters. The van der Waals surface area contributed by atoms with E-state index in [0.29, 0.717) is 11.5 Å². The zero-order valence-electron chi connectivity index (χ0n) is 11.1. The van der Waals surface area contributed by atoms with Crippen LogP contribution >= 0.6 is 31.9 Å². The second-order valence-corrected chi connectivity index (χ2v) is 6.39. The standard InChI is InChI=1S/C14H11Br2N5/c1-8-2-3-12(7-13(8)16)21-14(18-19-20-21)9-4-10(15)6-11(17)5-9/h2-7H,17H2,1H3. The number of rotatable bonds is 2. The first-order chi connectivity index (χ1) is 10.0. The molecule has 1 aromatic heterocycles. The predicted octanol–water partition coefficient (Wildman–Crippen LogP) is 3.74. The molecule has 7 heteroatoms. The number of tetrazole rings is 1. The minimum atomic E-state index is 0.638. The molecule has 0 saturated heterocycles. The summed E-state index contributed by atoms with van der Waals surface area (Å²) in [6.07, 6.45) is 0. The average molecular weight is 409 g/mol. The number of nitrogen functional groups attached to an aromatic ring is 1. The first kappa shape index (κ1) is 14.2. The van der Waals surface area contributed by atoms with Gasteiger partial charge in [-0.25, -0.2) is 0 Å². The van der Waals surface area contributed by atoms with Gasteiger partial charge in [0, 0.05) is 20.2 Å². The van der Waals surface area contributed by atoms with Crippen LogP contribution in [0.3, 0.4) is 0 Å². The van der Waals surface area contributed by atoms with Gasteiger partial charge < -0.3 is 5.73 Å². The van der Waals surface area contributed by atoms with Gasteiger partial charge in [-0.15, -0.1) is 5.10 Å². The van der Waals surface area contributed by atoms with Crippen LogP contribution in [0.5, 0.6) is 0 Å². The smallest absolute Gasteiger partial charge is 0.187 e. The van der Waals surface area contributed by atoms with Crippen molar-refractivity contribution in [1.29, 1.82) is 0 Å². The maximum atomic E-state index is 5.88. The maximum absolute atomic E-state index is 5.88. The second kappa shape index (κ2) is 5.57. The number of aromatic nitrogens is 4. The second-order valence-electron chi connectivity index (χ2n) is 4.62. The topological polar surface area (TPSA) is 69.6 Å². The molecule has 1 heterocycles. The first-order valence-electron chi connectivity index (χ1n) is 6.16. The highest BCUT2D eigenvalue weighted by Crippen LogP contribution is 2.27. The van der Waals surface area contributed by atoms with E-state index in [9.17, 15) is 0 Å². The van der Waals surface area contributed by atoms with E-state index in [1.165, 1.54) is 0 Å². The lowest BCUT2D eigenvalue weighted by Crippen LogP contribution is -2.00. The van der Waals surface area contributed by atoms with Crippen molar-refractivity contribution in [3.8, 4) is 17.1 Å². The van der Waals surface area contributed by atoms with E-state index >= 15 is 0 Å². The van der Waals surface area contributed by atoms with Crippen LogP contribution in [-0.2, 0) is 0 Å². The summed E-state index contributed by atoms with van der Waals surface area (Å²) in [4.78, 5) is 0. The molecule has 0 spiro atoms. The van der Waals surface area contributed by atoms with Crippen LogP contribution in [0.15, 0.2) is 45.3 Å². The Morgan fingerprint density at radius 3 is 2.62 bits per heavy atom. The SMILES string of the molecule is Cc1ccc(-n2nnnc2-c2cc(N)cc(Br)c2)cc1Br. The van der Waals surface area contributed by atoms with Gasteiger partial charge in [0.15, 0.2) is 5.82 Å². The summed E-state index contributed by atoms with van der Waals surface area (Å²) >= 11 is 6.96. The van der Waals surface area contributed by atoms with Crippen molar-refractivity contribution in [2.45, 2.75) is 6.92 Å². The van der Waals surface area contributed by atoms with Crippen LogP contribution in [0.4, 0.5) is 5.69 Å². The Bertz CT molecular complexity index is 793. The fourth-order valence-corrected chi connectivity index (χ4v) is 2.87. The summed E-state index contributed by atoms with van der Waals surface area (Å²) < 4.78 is 3.58. The molecular formula is C14H11Br2N5. The minimum Gasteiger partial charge on any atom is -0.399 e. The largest absolute Gasteiger partial charge is 0.399 e. The van der Waals surface area contributed by atoms with Gasteiger partial charge in [-0.05, 0) is 53.2 Å². The van der Waals surface area contributed by atoms with Crippen molar-refractivity contribution in [2.75, 3.05) is 5.73 Å². The molecule has 2 N–H and O–H groups in total. The molecule has 5 nitrogen and oxygen atoms in total. The third-order valence-corrected chi connectivity index (χ3v) is 4.36. The van der Waals surface area contributed by atoms with Crippen LogP contribution in [-0.4, -0.2) is 20.2 Å². The molecule has 0 fully saturated rings. The number of nitrogens with two attached hydrogens (primary N) is 1. The molecule has 0 bridgehead atoms. The molecule has 0 radical (unpaired) electrons. The zero-order valence-corrected chi connectivity index (χ0v) is 14.3. The van der Waals surface area contributed by atoms with Crippen LogP contribution in [0, 0.1) is 6.92 Å². The summed E-state index contributed by atoms with van der Waals surface area (Å²) in [6.45, 7) is 2.03. The number of hydrogen-bond donors (Lipinski definition) is 1.